The van der Waals surface area contributed by atoms with Gasteiger partial charge in [-0.3, -0.25) is 4.79 Å². The van der Waals surface area contributed by atoms with E-state index < -0.39 is 5.97 Å². The molecule has 0 amide bonds. The lowest BCUT2D eigenvalue weighted by Crippen LogP contribution is -2.03. The fraction of sp³-hybridized carbons (Fsp3) is 0.125. The van der Waals surface area contributed by atoms with Gasteiger partial charge in [0.15, 0.2) is 12.4 Å². The van der Waals surface area contributed by atoms with E-state index >= 15 is 0 Å². The summed E-state index contributed by atoms with van der Waals surface area (Å²) in [5.74, 6) is 0.0348. The number of thiophene rings is 1. The zero-order valence-corrected chi connectivity index (χ0v) is 13.0. The zero-order chi connectivity index (χ0) is 16.2. The maximum atomic E-state index is 11.9. The Morgan fingerprint density at radius 1 is 1.13 bits per heavy atom. The molecule has 23 heavy (non-hydrogen) atoms. The largest absolute Gasteiger partial charge is 0.451 e. The minimum atomic E-state index is -0.526. The van der Waals surface area contributed by atoms with Crippen LogP contribution < -0.4 is 0 Å². The Kier molecular flexibility index (Phi) is 4.29. The highest BCUT2D eigenvalue weighted by atomic mass is 32.1. The molecule has 0 unspecified atom stereocenters. The second-order valence-corrected chi connectivity index (χ2v) is 5.76. The lowest BCUT2D eigenvalue weighted by atomic mass is 10.2. The van der Waals surface area contributed by atoms with Crippen molar-refractivity contribution in [2.24, 2.45) is 0 Å². The molecule has 0 saturated heterocycles. The van der Waals surface area contributed by atoms with Gasteiger partial charge in [-0.2, -0.15) is 4.98 Å². The van der Waals surface area contributed by atoms with Gasteiger partial charge in [0.2, 0.25) is 5.82 Å². The lowest BCUT2D eigenvalue weighted by molar-refractivity contribution is 0.0435. The molecule has 0 N–H and O–H groups in total. The molecule has 0 aliphatic rings. The van der Waals surface area contributed by atoms with Gasteiger partial charge in [-0.05, 0) is 19.1 Å². The van der Waals surface area contributed by atoms with Gasteiger partial charge in [-0.15, -0.1) is 11.3 Å². The van der Waals surface area contributed by atoms with E-state index in [0.717, 1.165) is 16.9 Å². The van der Waals surface area contributed by atoms with E-state index in [1.165, 1.54) is 6.92 Å². The van der Waals surface area contributed by atoms with Crippen LogP contribution in [0.5, 0.6) is 0 Å². The van der Waals surface area contributed by atoms with Crippen molar-refractivity contribution in [3.05, 3.63) is 58.1 Å². The van der Waals surface area contributed by atoms with Crippen molar-refractivity contribution in [3.8, 4) is 11.4 Å². The van der Waals surface area contributed by atoms with Crippen LogP contribution in [-0.4, -0.2) is 21.9 Å². The van der Waals surface area contributed by atoms with Gasteiger partial charge in [0.1, 0.15) is 4.88 Å². The van der Waals surface area contributed by atoms with Crippen LogP contribution in [0.15, 0.2) is 47.0 Å². The highest BCUT2D eigenvalue weighted by molar-refractivity contribution is 7.15. The summed E-state index contributed by atoms with van der Waals surface area (Å²) in [6.45, 7) is 1.33. The predicted octanol–water partition coefficient (Wildman–Crippen LogP) is 3.36. The molecule has 0 atom stereocenters. The fourth-order valence-corrected chi connectivity index (χ4v) is 2.65. The van der Waals surface area contributed by atoms with E-state index in [2.05, 4.69) is 10.1 Å². The Balaban J connectivity index is 1.63. The van der Waals surface area contributed by atoms with Gasteiger partial charge >= 0.3 is 5.97 Å². The first-order valence-corrected chi connectivity index (χ1v) is 7.61. The molecule has 1 aromatic carbocycles. The molecule has 6 nitrogen and oxygen atoms in total. The van der Waals surface area contributed by atoms with Crippen LogP contribution in [0.2, 0.25) is 0 Å². The first-order chi connectivity index (χ1) is 11.1. The third-order valence-electron chi connectivity index (χ3n) is 2.98. The average molecular weight is 328 g/mol. The van der Waals surface area contributed by atoms with Crippen LogP contribution in [0.1, 0.15) is 32.2 Å². The van der Waals surface area contributed by atoms with E-state index in [9.17, 15) is 9.59 Å². The van der Waals surface area contributed by atoms with Crippen molar-refractivity contribution < 1.29 is 18.8 Å². The summed E-state index contributed by atoms with van der Waals surface area (Å²) in [6.07, 6.45) is 0. The molecule has 0 aliphatic carbocycles. The summed E-state index contributed by atoms with van der Waals surface area (Å²) in [5.41, 5.74) is 0.818. The van der Waals surface area contributed by atoms with Gasteiger partial charge in [-0.25, -0.2) is 4.79 Å². The van der Waals surface area contributed by atoms with E-state index in [-0.39, 0.29) is 18.3 Å². The Bertz CT molecular complexity index is 839. The van der Waals surface area contributed by atoms with Gasteiger partial charge in [0.25, 0.3) is 5.89 Å². The van der Waals surface area contributed by atoms with Gasteiger partial charge in [0, 0.05) is 5.56 Å². The summed E-state index contributed by atoms with van der Waals surface area (Å²) in [5, 5.41) is 3.84. The number of rotatable bonds is 5. The second-order valence-electron chi connectivity index (χ2n) is 4.67. The molecule has 3 rings (SSSR count). The van der Waals surface area contributed by atoms with Crippen LogP contribution >= 0.6 is 11.3 Å². The Labute approximate surface area is 135 Å². The number of Topliss-reactive ketones (excluding diaryl/α,β-unsaturated/α-hetero) is 1. The lowest BCUT2D eigenvalue weighted by Gasteiger charge is -1.98. The minimum Gasteiger partial charge on any atom is -0.451 e. The molecular weight excluding hydrogens is 316 g/mol. The highest BCUT2D eigenvalue weighted by Gasteiger charge is 2.15. The molecule has 3 aromatic rings. The van der Waals surface area contributed by atoms with Crippen LogP contribution in [0.25, 0.3) is 11.4 Å². The van der Waals surface area contributed by atoms with Crippen molar-refractivity contribution in [1.29, 1.82) is 0 Å². The third-order valence-corrected chi connectivity index (χ3v) is 4.15. The quantitative estimate of drug-likeness (QED) is 0.527. The molecule has 7 heteroatoms. The molecule has 0 bridgehead atoms. The van der Waals surface area contributed by atoms with E-state index in [0.29, 0.717) is 15.6 Å². The molecule has 2 heterocycles. The second kappa shape index (κ2) is 6.53. The molecule has 0 radical (unpaired) electrons. The number of carbonyl (C=O) groups excluding carboxylic acids is 2. The number of hydrogen-bond acceptors (Lipinski definition) is 7. The first kappa shape index (κ1) is 15.1. The van der Waals surface area contributed by atoms with Gasteiger partial charge in [0.05, 0.1) is 4.88 Å². The van der Waals surface area contributed by atoms with Crippen molar-refractivity contribution in [3.63, 3.8) is 0 Å². The average Bonchev–Trinajstić information content (AvgIpc) is 3.23. The zero-order valence-electron chi connectivity index (χ0n) is 12.2. The standard InChI is InChI=1S/C16H12N2O4S/c1-10(19)12-7-8-13(23-12)16(20)21-9-14-17-15(18-22-14)11-5-3-2-4-6-11/h2-8H,9H2,1H3. The van der Waals surface area contributed by atoms with Crippen LogP contribution in [-0.2, 0) is 11.3 Å². The topological polar surface area (TPSA) is 82.3 Å². The number of hydrogen-bond donors (Lipinski definition) is 0. The number of ketones is 1. The Hall–Kier alpha value is -2.80. The van der Waals surface area contributed by atoms with Crippen molar-refractivity contribution >= 4 is 23.1 Å². The number of aromatic nitrogens is 2. The summed E-state index contributed by atoms with van der Waals surface area (Å²) < 4.78 is 10.2. The first-order valence-electron chi connectivity index (χ1n) is 6.79. The molecule has 116 valence electrons. The number of carbonyl (C=O) groups is 2. The van der Waals surface area contributed by atoms with Crippen LogP contribution in [0.4, 0.5) is 0 Å². The number of nitrogens with zero attached hydrogens (tertiary/aromatic N) is 2. The van der Waals surface area contributed by atoms with Gasteiger partial charge < -0.3 is 9.26 Å². The third kappa shape index (κ3) is 3.51. The normalized spacial score (nSPS) is 10.5. The number of benzene rings is 1. The van der Waals surface area contributed by atoms with E-state index in [4.69, 9.17) is 9.26 Å². The van der Waals surface area contributed by atoms with Crippen LogP contribution in [0, 0.1) is 0 Å². The molecule has 2 aromatic heterocycles. The Morgan fingerprint density at radius 2 is 1.87 bits per heavy atom. The van der Waals surface area contributed by atoms with Gasteiger partial charge in [-0.1, -0.05) is 35.5 Å². The molecule has 0 spiro atoms. The molecule has 0 aliphatic heterocycles. The van der Waals surface area contributed by atoms with Crippen molar-refractivity contribution in [1.82, 2.24) is 10.1 Å². The fourth-order valence-electron chi connectivity index (χ4n) is 1.85. The Morgan fingerprint density at radius 3 is 2.57 bits per heavy atom. The van der Waals surface area contributed by atoms with Crippen molar-refractivity contribution in [2.75, 3.05) is 0 Å². The number of ether oxygens (including phenoxy) is 1. The molecule has 0 saturated carbocycles. The SMILES string of the molecule is CC(=O)c1ccc(C(=O)OCc2nc(-c3ccccc3)no2)s1. The molecule has 0 fully saturated rings. The maximum Gasteiger partial charge on any atom is 0.348 e. The summed E-state index contributed by atoms with van der Waals surface area (Å²) >= 11 is 1.10. The monoisotopic (exact) mass is 328 g/mol. The summed E-state index contributed by atoms with van der Waals surface area (Å²) in [7, 11) is 0. The number of esters is 1. The van der Waals surface area contributed by atoms with E-state index in [1.54, 1.807) is 12.1 Å². The summed E-state index contributed by atoms with van der Waals surface area (Å²) in [6, 6.07) is 12.5. The van der Waals surface area contributed by atoms with Crippen molar-refractivity contribution in [2.45, 2.75) is 13.5 Å². The summed E-state index contributed by atoms with van der Waals surface area (Å²) in [4.78, 5) is 28.2. The van der Waals surface area contributed by atoms with E-state index in [1.807, 2.05) is 30.3 Å². The maximum absolute atomic E-state index is 11.9. The van der Waals surface area contributed by atoms with Crippen LogP contribution in [0.3, 0.4) is 0 Å². The highest BCUT2D eigenvalue weighted by Crippen LogP contribution is 2.19. The smallest absolute Gasteiger partial charge is 0.348 e. The molecular formula is C16H12N2O4S. The predicted molar refractivity (Wildman–Crippen MR) is 83.2 cm³/mol. The minimum absolute atomic E-state index is 0.0848.